The summed E-state index contributed by atoms with van der Waals surface area (Å²) in [5, 5.41) is 9.35. The molecular weight excluding hydrogens is 144 g/mol. The van der Waals surface area contributed by atoms with Crippen LogP contribution in [-0.4, -0.2) is 17.1 Å². The number of hydrazine groups is 1. The highest BCUT2D eigenvalue weighted by Gasteiger charge is 2.28. The van der Waals surface area contributed by atoms with Crippen LogP contribution >= 0.6 is 0 Å². The van der Waals surface area contributed by atoms with Crippen LogP contribution in [0.2, 0.25) is 0 Å². The Balaban J connectivity index is 2.47. The van der Waals surface area contributed by atoms with Gasteiger partial charge < -0.3 is 5.11 Å². The Labute approximate surface area is 65.7 Å². The molecule has 1 aliphatic rings. The van der Waals surface area contributed by atoms with Crippen LogP contribution in [0.4, 0.5) is 0 Å². The van der Waals surface area contributed by atoms with Gasteiger partial charge in [0.05, 0.1) is 12.0 Å². The van der Waals surface area contributed by atoms with Crippen LogP contribution in [0.3, 0.4) is 0 Å². The molecule has 1 rings (SSSR count). The number of aliphatic hydroxyl groups is 1. The summed E-state index contributed by atoms with van der Waals surface area (Å²) in [6, 6.07) is 0. The van der Waals surface area contributed by atoms with Gasteiger partial charge in [0, 0.05) is 0 Å². The third kappa shape index (κ3) is 1.91. The molecular formula is C7H14N2O2. The van der Waals surface area contributed by atoms with Crippen LogP contribution in [-0.2, 0) is 4.79 Å². The molecule has 1 saturated carbocycles. The molecule has 0 aromatic carbocycles. The molecule has 0 unspecified atom stereocenters. The van der Waals surface area contributed by atoms with Crippen molar-refractivity contribution in [3.05, 3.63) is 0 Å². The minimum absolute atomic E-state index is 0.239. The number of nitrogens with two attached hydrogens (primary N) is 1. The van der Waals surface area contributed by atoms with Crippen LogP contribution in [0.15, 0.2) is 0 Å². The average molecular weight is 158 g/mol. The summed E-state index contributed by atoms with van der Waals surface area (Å²) < 4.78 is 0. The molecule has 64 valence electrons. The maximum Gasteiger partial charge on any atom is 0.239 e. The molecule has 11 heavy (non-hydrogen) atoms. The van der Waals surface area contributed by atoms with Crippen molar-refractivity contribution in [2.75, 3.05) is 0 Å². The van der Waals surface area contributed by atoms with E-state index in [4.69, 9.17) is 5.84 Å². The van der Waals surface area contributed by atoms with E-state index >= 15 is 0 Å². The molecule has 0 aliphatic heterocycles. The lowest BCUT2D eigenvalue weighted by atomic mass is 9.86. The third-order valence-electron chi connectivity index (χ3n) is 2.21. The number of carbonyl (C=O) groups excluding carboxylic acids is 1. The summed E-state index contributed by atoms with van der Waals surface area (Å²) in [6.45, 7) is 0. The van der Waals surface area contributed by atoms with Crippen molar-refractivity contribution in [1.29, 1.82) is 0 Å². The van der Waals surface area contributed by atoms with Crippen molar-refractivity contribution < 1.29 is 9.90 Å². The molecule has 4 N–H and O–H groups in total. The number of amides is 1. The standard InChI is InChI=1S/C7H14N2O2/c8-9-7(11)5-3-1-2-4-6(5)10/h5-6,10H,1-4,8H2,(H,9,11)/t5-,6+/m1/s1. The highest BCUT2D eigenvalue weighted by molar-refractivity contribution is 5.78. The van der Waals surface area contributed by atoms with Crippen molar-refractivity contribution in [3.63, 3.8) is 0 Å². The Morgan fingerprint density at radius 3 is 2.64 bits per heavy atom. The Morgan fingerprint density at radius 1 is 1.45 bits per heavy atom. The summed E-state index contributed by atoms with van der Waals surface area (Å²) in [6.07, 6.45) is 3.00. The first kappa shape index (κ1) is 8.49. The van der Waals surface area contributed by atoms with Gasteiger partial charge in [0.2, 0.25) is 5.91 Å². The van der Waals surface area contributed by atoms with E-state index in [0.29, 0.717) is 0 Å². The van der Waals surface area contributed by atoms with Gasteiger partial charge in [-0.05, 0) is 12.8 Å². The van der Waals surface area contributed by atoms with Crippen LogP contribution in [0.5, 0.6) is 0 Å². The Morgan fingerprint density at radius 2 is 2.09 bits per heavy atom. The van der Waals surface area contributed by atoms with Gasteiger partial charge in [0.1, 0.15) is 0 Å². The molecule has 4 nitrogen and oxygen atoms in total. The predicted octanol–water partition coefficient (Wildman–Crippen LogP) is -0.473. The van der Waals surface area contributed by atoms with E-state index in [1.54, 1.807) is 0 Å². The maximum absolute atomic E-state index is 11.0. The Bertz CT molecular complexity index is 149. The van der Waals surface area contributed by atoms with E-state index in [0.717, 1.165) is 25.7 Å². The number of carbonyl (C=O) groups is 1. The van der Waals surface area contributed by atoms with E-state index < -0.39 is 6.10 Å². The van der Waals surface area contributed by atoms with Gasteiger partial charge in [0.25, 0.3) is 0 Å². The largest absolute Gasteiger partial charge is 0.392 e. The molecule has 0 spiro atoms. The highest BCUT2D eigenvalue weighted by atomic mass is 16.3. The lowest BCUT2D eigenvalue weighted by molar-refractivity contribution is -0.130. The molecule has 1 aliphatic carbocycles. The molecule has 0 heterocycles. The smallest absolute Gasteiger partial charge is 0.239 e. The first-order chi connectivity index (χ1) is 5.25. The van der Waals surface area contributed by atoms with Gasteiger partial charge in [-0.25, -0.2) is 5.84 Å². The van der Waals surface area contributed by atoms with E-state index in [2.05, 4.69) is 5.43 Å². The van der Waals surface area contributed by atoms with Crippen LogP contribution < -0.4 is 11.3 Å². The first-order valence-corrected chi connectivity index (χ1v) is 3.94. The summed E-state index contributed by atoms with van der Waals surface area (Å²) >= 11 is 0. The van der Waals surface area contributed by atoms with Crippen LogP contribution in [0, 0.1) is 5.92 Å². The summed E-state index contributed by atoms with van der Waals surface area (Å²) in [5.41, 5.74) is 2.07. The molecule has 0 saturated heterocycles. The normalized spacial score (nSPS) is 31.5. The molecule has 0 bridgehead atoms. The quantitative estimate of drug-likeness (QED) is 0.274. The Kier molecular flexibility index (Phi) is 2.84. The Hall–Kier alpha value is -0.610. The second-order valence-electron chi connectivity index (χ2n) is 2.97. The van der Waals surface area contributed by atoms with Crippen LogP contribution in [0.1, 0.15) is 25.7 Å². The molecule has 0 aromatic heterocycles. The van der Waals surface area contributed by atoms with Crippen molar-refractivity contribution >= 4 is 5.91 Å². The van der Waals surface area contributed by atoms with Gasteiger partial charge in [-0.3, -0.25) is 10.2 Å². The minimum atomic E-state index is -0.493. The van der Waals surface area contributed by atoms with E-state index in [-0.39, 0.29) is 11.8 Å². The number of hydrogen-bond donors (Lipinski definition) is 3. The number of rotatable bonds is 1. The zero-order chi connectivity index (χ0) is 8.27. The SMILES string of the molecule is NNC(=O)[C@@H]1CCCC[C@@H]1O. The maximum atomic E-state index is 11.0. The van der Waals surface area contributed by atoms with Gasteiger partial charge in [-0.15, -0.1) is 0 Å². The highest BCUT2D eigenvalue weighted by Crippen LogP contribution is 2.23. The molecule has 1 fully saturated rings. The predicted molar refractivity (Wildman–Crippen MR) is 40.3 cm³/mol. The zero-order valence-corrected chi connectivity index (χ0v) is 6.42. The molecule has 0 aromatic rings. The first-order valence-electron chi connectivity index (χ1n) is 3.94. The van der Waals surface area contributed by atoms with Crippen molar-refractivity contribution in [2.24, 2.45) is 11.8 Å². The van der Waals surface area contributed by atoms with Crippen molar-refractivity contribution in [2.45, 2.75) is 31.8 Å². The third-order valence-corrected chi connectivity index (χ3v) is 2.21. The van der Waals surface area contributed by atoms with Gasteiger partial charge >= 0.3 is 0 Å². The minimum Gasteiger partial charge on any atom is -0.392 e. The number of hydrogen-bond acceptors (Lipinski definition) is 3. The summed E-state index contributed by atoms with van der Waals surface area (Å²) in [5.74, 6) is 4.43. The molecule has 2 atom stereocenters. The lowest BCUT2D eigenvalue weighted by Gasteiger charge is -2.25. The fourth-order valence-corrected chi connectivity index (χ4v) is 1.52. The monoisotopic (exact) mass is 158 g/mol. The fourth-order valence-electron chi connectivity index (χ4n) is 1.52. The second-order valence-corrected chi connectivity index (χ2v) is 2.97. The zero-order valence-electron chi connectivity index (χ0n) is 6.42. The van der Waals surface area contributed by atoms with E-state index in [1.807, 2.05) is 0 Å². The fraction of sp³-hybridized carbons (Fsp3) is 0.857. The number of aliphatic hydroxyl groups excluding tert-OH is 1. The lowest BCUT2D eigenvalue weighted by Crippen LogP contribution is -2.42. The van der Waals surface area contributed by atoms with Crippen molar-refractivity contribution in [1.82, 2.24) is 5.43 Å². The van der Waals surface area contributed by atoms with E-state index in [1.165, 1.54) is 0 Å². The topological polar surface area (TPSA) is 75.3 Å². The molecule has 4 heteroatoms. The number of nitrogens with one attached hydrogen (secondary N) is 1. The van der Waals surface area contributed by atoms with Crippen LogP contribution in [0.25, 0.3) is 0 Å². The van der Waals surface area contributed by atoms with Gasteiger partial charge in [0.15, 0.2) is 0 Å². The summed E-state index contributed by atoms with van der Waals surface area (Å²) in [4.78, 5) is 11.0. The van der Waals surface area contributed by atoms with E-state index in [9.17, 15) is 9.90 Å². The van der Waals surface area contributed by atoms with Gasteiger partial charge in [-0.2, -0.15) is 0 Å². The van der Waals surface area contributed by atoms with Gasteiger partial charge in [-0.1, -0.05) is 12.8 Å². The average Bonchev–Trinajstić information content (AvgIpc) is 2.04. The molecule has 1 amide bonds. The van der Waals surface area contributed by atoms with Crippen molar-refractivity contribution in [3.8, 4) is 0 Å². The molecule has 0 radical (unpaired) electrons. The second kappa shape index (κ2) is 3.69. The summed E-state index contributed by atoms with van der Waals surface area (Å²) in [7, 11) is 0.